The molecule has 0 spiro atoms. The van der Waals surface area contributed by atoms with E-state index in [1.807, 2.05) is 0 Å². The van der Waals surface area contributed by atoms with Crippen molar-refractivity contribution in [3.8, 4) is 28.7 Å². The number of ether oxygens (including phenoxy) is 5. The van der Waals surface area contributed by atoms with Crippen molar-refractivity contribution in [1.82, 2.24) is 0 Å². The van der Waals surface area contributed by atoms with Gasteiger partial charge in [-0.3, -0.25) is 5.32 Å². The van der Waals surface area contributed by atoms with Crippen molar-refractivity contribution < 1.29 is 28.5 Å². The van der Waals surface area contributed by atoms with Crippen LogP contribution in [0.5, 0.6) is 28.7 Å². The number of nitrogens with one attached hydrogen (secondary N) is 1. The molecule has 0 aliphatic rings. The number of aliphatic imine (C=N–C) groups is 1. The second kappa shape index (κ2) is 7.82. The Bertz CT molecular complexity index is 580. The molecule has 1 rings (SSSR count). The molecule has 0 heterocycles. The average molecular weight is 328 g/mol. The van der Waals surface area contributed by atoms with Crippen LogP contribution in [0.2, 0.25) is 0 Å². The molecule has 1 aromatic carbocycles. The molecule has 0 aromatic heterocycles. The molecule has 0 bridgehead atoms. The van der Waals surface area contributed by atoms with Crippen molar-refractivity contribution in [2.45, 2.75) is 0 Å². The Balaban J connectivity index is 3.65. The molecule has 0 saturated heterocycles. The highest BCUT2D eigenvalue weighted by Crippen LogP contribution is 2.56. The topological polar surface area (TPSA) is 140 Å². The number of urea groups is 1. The highest BCUT2D eigenvalue weighted by atomic mass is 16.6. The van der Waals surface area contributed by atoms with Crippen LogP contribution in [-0.4, -0.2) is 47.5 Å². The molecule has 0 radical (unpaired) electrons. The number of carbonyl (C=O) groups excluding carboxylic acids is 1. The lowest BCUT2D eigenvalue weighted by molar-refractivity contribution is 0.259. The van der Waals surface area contributed by atoms with E-state index in [4.69, 9.17) is 35.2 Å². The maximum absolute atomic E-state index is 11.8. The number of rotatable bonds is 6. The minimum Gasteiger partial charge on any atom is -0.491 e. The summed E-state index contributed by atoms with van der Waals surface area (Å²) in [5.74, 6) is 0.555. The summed E-state index contributed by atoms with van der Waals surface area (Å²) in [6, 6.07) is -0.823. The molecule has 5 N–H and O–H groups in total. The number of anilines is 1. The third-order valence-corrected chi connectivity index (χ3v) is 2.76. The van der Waals surface area contributed by atoms with Gasteiger partial charge in [-0.05, 0) is 0 Å². The van der Waals surface area contributed by atoms with Gasteiger partial charge >= 0.3 is 6.03 Å². The number of methoxy groups -OCH3 is 5. The second-order valence-corrected chi connectivity index (χ2v) is 4.01. The van der Waals surface area contributed by atoms with Crippen molar-refractivity contribution in [2.75, 3.05) is 40.9 Å². The number of benzene rings is 1. The summed E-state index contributed by atoms with van der Waals surface area (Å²) in [6.45, 7) is 0. The summed E-state index contributed by atoms with van der Waals surface area (Å²) >= 11 is 0. The maximum atomic E-state index is 11.8. The maximum Gasteiger partial charge on any atom is 0.348 e. The molecule has 2 amide bonds. The van der Waals surface area contributed by atoms with Gasteiger partial charge in [-0.2, -0.15) is 4.99 Å². The fourth-order valence-electron chi connectivity index (χ4n) is 1.95. The predicted molar refractivity (Wildman–Crippen MR) is 84.0 cm³/mol. The largest absolute Gasteiger partial charge is 0.491 e. The van der Waals surface area contributed by atoms with Gasteiger partial charge in [0.2, 0.25) is 17.2 Å². The summed E-state index contributed by atoms with van der Waals surface area (Å²) < 4.78 is 26.4. The Kier molecular flexibility index (Phi) is 6.13. The van der Waals surface area contributed by atoms with Gasteiger partial charge in [-0.15, -0.1) is 0 Å². The molecule has 0 aliphatic carbocycles. The Morgan fingerprint density at radius 3 is 1.43 bits per heavy atom. The van der Waals surface area contributed by atoms with E-state index < -0.39 is 12.0 Å². The zero-order chi connectivity index (χ0) is 17.6. The number of hydrogen-bond acceptors (Lipinski definition) is 6. The second-order valence-electron chi connectivity index (χ2n) is 4.01. The molecule has 0 fully saturated rings. The summed E-state index contributed by atoms with van der Waals surface area (Å²) in [5, 5.41) is 2.46. The van der Waals surface area contributed by atoms with Gasteiger partial charge in [0, 0.05) is 0 Å². The zero-order valence-corrected chi connectivity index (χ0v) is 13.6. The molecule has 0 saturated carbocycles. The SMILES string of the molecule is COc1c(NC(=O)N=C(N)N)c(OC)c(OC)c(OC)c1OC. The van der Waals surface area contributed by atoms with E-state index in [1.165, 1.54) is 35.5 Å². The first-order chi connectivity index (χ1) is 10.9. The van der Waals surface area contributed by atoms with Crippen LogP contribution < -0.4 is 40.5 Å². The van der Waals surface area contributed by atoms with Crippen LogP contribution in [0.1, 0.15) is 0 Å². The Hall–Kier alpha value is -3.04. The molecule has 1 aromatic rings. The summed E-state index contributed by atoms with van der Waals surface area (Å²) in [5.41, 5.74) is 10.5. The standard InChI is InChI=1S/C13H20N4O6/c1-19-7-6(16-13(18)17-12(14)15)8(20-2)10(22-4)11(23-5)9(7)21-3/h1-5H3,(H5,14,15,16,17,18). The van der Waals surface area contributed by atoms with Crippen LogP contribution in [0.25, 0.3) is 0 Å². The Labute approximate surface area is 133 Å². The quantitative estimate of drug-likeness (QED) is 0.507. The molecular formula is C13H20N4O6. The van der Waals surface area contributed by atoms with Crippen LogP contribution in [0.15, 0.2) is 4.99 Å². The smallest absolute Gasteiger partial charge is 0.348 e. The lowest BCUT2D eigenvalue weighted by atomic mass is 10.2. The van der Waals surface area contributed by atoms with Crippen molar-refractivity contribution >= 4 is 17.7 Å². The summed E-state index contributed by atoms with van der Waals surface area (Å²) in [6.07, 6.45) is 0. The Morgan fingerprint density at radius 2 is 1.13 bits per heavy atom. The minimum absolute atomic E-state index is 0.125. The number of hydrogen-bond donors (Lipinski definition) is 3. The predicted octanol–water partition coefficient (Wildman–Crippen LogP) is 0.535. The highest BCUT2D eigenvalue weighted by molar-refractivity contribution is 6.01. The van der Waals surface area contributed by atoms with E-state index in [2.05, 4.69) is 10.3 Å². The first-order valence-corrected chi connectivity index (χ1v) is 6.29. The minimum atomic E-state index is -0.823. The van der Waals surface area contributed by atoms with Gasteiger partial charge in [0.25, 0.3) is 0 Å². The molecule has 23 heavy (non-hydrogen) atoms. The molecule has 0 unspecified atom stereocenters. The van der Waals surface area contributed by atoms with E-state index in [0.29, 0.717) is 0 Å². The van der Waals surface area contributed by atoms with E-state index in [1.54, 1.807) is 0 Å². The first-order valence-electron chi connectivity index (χ1n) is 6.29. The van der Waals surface area contributed by atoms with Crippen LogP contribution in [0, 0.1) is 0 Å². The fourth-order valence-corrected chi connectivity index (χ4v) is 1.95. The Morgan fingerprint density at radius 1 is 0.783 bits per heavy atom. The van der Waals surface area contributed by atoms with Gasteiger partial charge < -0.3 is 35.2 Å². The van der Waals surface area contributed by atoms with Gasteiger partial charge in [0.05, 0.1) is 35.5 Å². The van der Waals surface area contributed by atoms with E-state index >= 15 is 0 Å². The molecule has 10 nitrogen and oxygen atoms in total. The zero-order valence-electron chi connectivity index (χ0n) is 13.6. The van der Waals surface area contributed by atoms with Gasteiger partial charge in [-0.1, -0.05) is 0 Å². The van der Waals surface area contributed by atoms with Gasteiger partial charge in [-0.25, -0.2) is 4.79 Å². The van der Waals surface area contributed by atoms with Gasteiger partial charge in [0.15, 0.2) is 17.5 Å². The van der Waals surface area contributed by atoms with Crippen molar-refractivity contribution in [2.24, 2.45) is 16.5 Å². The fraction of sp³-hybridized carbons (Fsp3) is 0.385. The highest BCUT2D eigenvalue weighted by Gasteiger charge is 2.29. The lowest BCUT2D eigenvalue weighted by Crippen LogP contribution is -2.25. The van der Waals surface area contributed by atoms with E-state index in [-0.39, 0.29) is 34.4 Å². The van der Waals surface area contributed by atoms with Crippen LogP contribution in [0.3, 0.4) is 0 Å². The lowest BCUT2D eigenvalue weighted by Gasteiger charge is -2.21. The third kappa shape index (κ3) is 3.59. The number of nitrogens with zero attached hydrogens (tertiary/aromatic N) is 1. The first kappa shape index (κ1) is 18.0. The normalized spacial score (nSPS) is 9.61. The van der Waals surface area contributed by atoms with Crippen molar-refractivity contribution in [1.29, 1.82) is 0 Å². The molecule has 0 atom stereocenters. The molecule has 128 valence electrons. The van der Waals surface area contributed by atoms with E-state index in [0.717, 1.165) is 0 Å². The van der Waals surface area contributed by atoms with Crippen molar-refractivity contribution in [3.05, 3.63) is 0 Å². The van der Waals surface area contributed by atoms with Crippen LogP contribution >= 0.6 is 0 Å². The number of guanidine groups is 1. The number of amides is 2. The number of carbonyl (C=O) groups is 1. The van der Waals surface area contributed by atoms with Crippen LogP contribution in [-0.2, 0) is 0 Å². The molecule has 10 heteroatoms. The number of nitrogens with two attached hydrogens (primary N) is 2. The van der Waals surface area contributed by atoms with Gasteiger partial charge in [0.1, 0.15) is 5.69 Å². The monoisotopic (exact) mass is 328 g/mol. The van der Waals surface area contributed by atoms with E-state index in [9.17, 15) is 4.79 Å². The van der Waals surface area contributed by atoms with Crippen molar-refractivity contribution in [3.63, 3.8) is 0 Å². The molecular weight excluding hydrogens is 308 g/mol. The molecule has 0 aliphatic heterocycles. The third-order valence-electron chi connectivity index (χ3n) is 2.76. The summed E-state index contributed by atoms with van der Waals surface area (Å²) in [7, 11) is 7.03. The average Bonchev–Trinajstić information content (AvgIpc) is 2.51. The van der Waals surface area contributed by atoms with Crippen LogP contribution in [0.4, 0.5) is 10.5 Å². The summed E-state index contributed by atoms with van der Waals surface area (Å²) in [4.78, 5) is 15.2.